The van der Waals surface area contributed by atoms with E-state index in [1.54, 1.807) is 7.11 Å². The maximum absolute atomic E-state index is 5.74. The number of nitrogens with two attached hydrogens (primary N) is 1. The van der Waals surface area contributed by atoms with Crippen LogP contribution in [0.4, 0.5) is 5.69 Å². The number of hydrogen-bond acceptors (Lipinski definition) is 5. The molecule has 2 N–H and O–H groups in total. The van der Waals surface area contributed by atoms with Gasteiger partial charge >= 0.3 is 0 Å². The summed E-state index contributed by atoms with van der Waals surface area (Å²) < 4.78 is 10.8. The first-order chi connectivity index (χ1) is 9.19. The van der Waals surface area contributed by atoms with Crippen LogP contribution in [0.1, 0.15) is 30.3 Å². The average Bonchev–Trinajstić information content (AvgIpc) is 3.09. The predicted octanol–water partition coefficient (Wildman–Crippen LogP) is 2.72. The van der Waals surface area contributed by atoms with Crippen LogP contribution in [0.25, 0.3) is 11.5 Å². The summed E-state index contributed by atoms with van der Waals surface area (Å²) in [5, 5.41) is 4.05. The van der Waals surface area contributed by atoms with Gasteiger partial charge < -0.3 is 15.0 Å². The summed E-state index contributed by atoms with van der Waals surface area (Å²) in [6.45, 7) is 1.98. The van der Waals surface area contributed by atoms with Crippen molar-refractivity contribution in [2.45, 2.75) is 25.9 Å². The highest BCUT2D eigenvalue weighted by Crippen LogP contribution is 2.42. The third-order valence-corrected chi connectivity index (χ3v) is 3.48. The molecule has 1 aliphatic carbocycles. The summed E-state index contributed by atoms with van der Waals surface area (Å²) >= 11 is 0. The van der Waals surface area contributed by atoms with Crippen molar-refractivity contribution in [2.24, 2.45) is 5.92 Å². The van der Waals surface area contributed by atoms with Crippen LogP contribution in [0.15, 0.2) is 22.7 Å². The van der Waals surface area contributed by atoms with Gasteiger partial charge in [-0.25, -0.2) is 0 Å². The minimum atomic E-state index is -0.0495. The fourth-order valence-corrected chi connectivity index (χ4v) is 2.29. The van der Waals surface area contributed by atoms with Gasteiger partial charge in [0, 0.05) is 18.4 Å². The molecule has 1 heterocycles. The van der Waals surface area contributed by atoms with Crippen molar-refractivity contribution in [1.82, 2.24) is 10.1 Å². The van der Waals surface area contributed by atoms with Crippen molar-refractivity contribution >= 4 is 5.69 Å². The smallest absolute Gasteiger partial charge is 0.258 e. The normalized spacial score (nSPS) is 16.5. The number of methoxy groups -OCH3 is 1. The van der Waals surface area contributed by atoms with Crippen molar-refractivity contribution < 1.29 is 9.26 Å². The molecule has 0 radical (unpaired) electrons. The highest BCUT2D eigenvalue weighted by Gasteiger charge is 2.35. The number of rotatable bonds is 4. The van der Waals surface area contributed by atoms with E-state index >= 15 is 0 Å². The molecular formula is C14H17N3O2. The van der Waals surface area contributed by atoms with E-state index < -0.39 is 0 Å². The topological polar surface area (TPSA) is 74.2 Å². The third kappa shape index (κ3) is 2.33. The van der Waals surface area contributed by atoms with Crippen LogP contribution >= 0.6 is 0 Å². The number of aryl methyl sites for hydroxylation is 1. The Kier molecular flexibility index (Phi) is 2.98. The van der Waals surface area contributed by atoms with Gasteiger partial charge in [0.15, 0.2) is 0 Å². The minimum Gasteiger partial charge on any atom is -0.399 e. The van der Waals surface area contributed by atoms with Crippen molar-refractivity contribution in [3.8, 4) is 11.5 Å². The summed E-state index contributed by atoms with van der Waals surface area (Å²) in [6, 6.07) is 5.63. The quantitative estimate of drug-likeness (QED) is 0.854. The van der Waals surface area contributed by atoms with Gasteiger partial charge in [-0.3, -0.25) is 0 Å². The van der Waals surface area contributed by atoms with Gasteiger partial charge in [-0.1, -0.05) is 5.16 Å². The van der Waals surface area contributed by atoms with Gasteiger partial charge in [-0.15, -0.1) is 0 Å². The lowest BCUT2D eigenvalue weighted by molar-refractivity contribution is 0.0751. The van der Waals surface area contributed by atoms with E-state index in [1.165, 1.54) is 12.8 Å². The van der Waals surface area contributed by atoms with Crippen LogP contribution in [-0.2, 0) is 4.74 Å². The highest BCUT2D eigenvalue weighted by molar-refractivity contribution is 5.62. The van der Waals surface area contributed by atoms with Crippen molar-refractivity contribution in [3.63, 3.8) is 0 Å². The van der Waals surface area contributed by atoms with Crippen molar-refractivity contribution in [2.75, 3.05) is 12.8 Å². The Morgan fingerprint density at radius 2 is 2.21 bits per heavy atom. The number of aromatic nitrogens is 2. The van der Waals surface area contributed by atoms with Crippen molar-refractivity contribution in [3.05, 3.63) is 29.6 Å². The fraction of sp³-hybridized carbons (Fsp3) is 0.429. The van der Waals surface area contributed by atoms with Gasteiger partial charge in [-0.2, -0.15) is 4.98 Å². The van der Waals surface area contributed by atoms with Crippen LogP contribution in [0.3, 0.4) is 0 Å². The lowest BCUT2D eigenvalue weighted by Gasteiger charge is -2.08. The Balaban J connectivity index is 1.91. The molecule has 19 heavy (non-hydrogen) atoms. The molecule has 100 valence electrons. The van der Waals surface area contributed by atoms with E-state index in [4.69, 9.17) is 15.0 Å². The van der Waals surface area contributed by atoms with E-state index in [2.05, 4.69) is 10.1 Å². The minimum absolute atomic E-state index is 0.0495. The maximum atomic E-state index is 5.74. The first-order valence-corrected chi connectivity index (χ1v) is 6.42. The van der Waals surface area contributed by atoms with Crippen molar-refractivity contribution in [1.29, 1.82) is 0 Å². The molecule has 1 unspecified atom stereocenters. The molecule has 1 saturated carbocycles. The Morgan fingerprint density at radius 1 is 1.42 bits per heavy atom. The number of ether oxygens (including phenoxy) is 1. The molecule has 0 saturated heterocycles. The van der Waals surface area contributed by atoms with E-state index in [0.29, 0.717) is 17.6 Å². The molecule has 1 fully saturated rings. The van der Waals surface area contributed by atoms with Gasteiger partial charge in [0.2, 0.25) is 5.82 Å². The zero-order chi connectivity index (χ0) is 13.4. The summed E-state index contributed by atoms with van der Waals surface area (Å²) in [4.78, 5) is 4.46. The number of nitrogen functional groups attached to an aromatic ring is 1. The molecule has 5 nitrogen and oxygen atoms in total. The lowest BCUT2D eigenvalue weighted by Crippen LogP contribution is -2.05. The Bertz CT molecular complexity index is 590. The second kappa shape index (κ2) is 4.66. The first-order valence-electron chi connectivity index (χ1n) is 6.42. The molecule has 5 heteroatoms. The van der Waals surface area contributed by atoms with E-state index in [1.807, 2.05) is 25.1 Å². The number of nitrogens with zero attached hydrogens (tertiary/aromatic N) is 2. The maximum Gasteiger partial charge on any atom is 0.258 e. The molecule has 0 amide bonds. The molecule has 3 rings (SSSR count). The summed E-state index contributed by atoms with van der Waals surface area (Å²) in [7, 11) is 1.69. The molecular weight excluding hydrogens is 242 g/mol. The van der Waals surface area contributed by atoms with E-state index in [0.717, 1.165) is 16.8 Å². The van der Waals surface area contributed by atoms with Gasteiger partial charge in [-0.05, 0) is 49.4 Å². The Morgan fingerprint density at radius 3 is 2.84 bits per heavy atom. The number of anilines is 1. The second-order valence-corrected chi connectivity index (χ2v) is 5.03. The average molecular weight is 259 g/mol. The first kappa shape index (κ1) is 12.2. The highest BCUT2D eigenvalue weighted by atomic mass is 16.5. The van der Waals surface area contributed by atoms with Crippen LogP contribution in [0, 0.1) is 12.8 Å². The van der Waals surface area contributed by atoms with Crippen LogP contribution in [0.2, 0.25) is 0 Å². The Labute approximate surface area is 111 Å². The standard InChI is InChI=1S/C14H17N3O2/c1-8-7-10(15)5-6-11(8)14-16-13(17-19-14)12(18-2)9-3-4-9/h5-7,9,12H,3-4,15H2,1-2H3. The molecule has 1 aliphatic rings. The third-order valence-electron chi connectivity index (χ3n) is 3.48. The fourth-order valence-electron chi connectivity index (χ4n) is 2.29. The molecule has 1 aromatic carbocycles. The molecule has 0 bridgehead atoms. The Hall–Kier alpha value is -1.88. The number of benzene rings is 1. The van der Waals surface area contributed by atoms with E-state index in [9.17, 15) is 0 Å². The molecule has 0 aliphatic heterocycles. The molecule has 2 aromatic rings. The monoisotopic (exact) mass is 259 g/mol. The largest absolute Gasteiger partial charge is 0.399 e. The van der Waals surface area contributed by atoms with Crippen LogP contribution in [0.5, 0.6) is 0 Å². The molecule has 1 aromatic heterocycles. The van der Waals surface area contributed by atoms with Gasteiger partial charge in [0.25, 0.3) is 5.89 Å². The van der Waals surface area contributed by atoms with Crippen LogP contribution < -0.4 is 5.73 Å². The molecule has 1 atom stereocenters. The van der Waals surface area contributed by atoms with Gasteiger partial charge in [0.1, 0.15) is 6.10 Å². The van der Waals surface area contributed by atoms with Gasteiger partial charge in [0.05, 0.1) is 0 Å². The van der Waals surface area contributed by atoms with Crippen LogP contribution in [-0.4, -0.2) is 17.3 Å². The predicted molar refractivity (Wildman–Crippen MR) is 71.4 cm³/mol. The summed E-state index contributed by atoms with van der Waals surface area (Å²) in [5.41, 5.74) is 8.41. The lowest BCUT2D eigenvalue weighted by atomic mass is 10.1. The summed E-state index contributed by atoms with van der Waals surface area (Å²) in [6.07, 6.45) is 2.29. The SMILES string of the molecule is COC(c1noc(-c2ccc(N)cc2C)n1)C1CC1. The molecule has 0 spiro atoms. The zero-order valence-electron chi connectivity index (χ0n) is 11.1. The number of hydrogen-bond donors (Lipinski definition) is 1. The summed E-state index contributed by atoms with van der Waals surface area (Å²) in [5.74, 6) is 1.69. The van der Waals surface area contributed by atoms with E-state index in [-0.39, 0.29) is 6.10 Å². The second-order valence-electron chi connectivity index (χ2n) is 5.03. The zero-order valence-corrected chi connectivity index (χ0v) is 11.1.